The zero-order valence-corrected chi connectivity index (χ0v) is 50.3. The second kappa shape index (κ2) is 56.4. The van der Waals surface area contributed by atoms with Crippen molar-refractivity contribution in [2.75, 3.05) is 47.5 Å². The van der Waals surface area contributed by atoms with E-state index in [4.69, 9.17) is 18.5 Å². The van der Waals surface area contributed by atoms with Crippen molar-refractivity contribution in [1.82, 2.24) is 0 Å². The van der Waals surface area contributed by atoms with Crippen LogP contribution in [0.1, 0.15) is 245 Å². The van der Waals surface area contributed by atoms with Crippen LogP contribution in [0.5, 0.6) is 0 Å². The maximum Gasteiger partial charge on any atom is 0.306 e. The Kier molecular flexibility index (Phi) is 53.9. The third kappa shape index (κ3) is 59.9. The fraction of sp³-hybridized carbons (Fsp3) is 0.697. The van der Waals surface area contributed by atoms with E-state index in [2.05, 4.69) is 123 Å². The van der Waals surface area contributed by atoms with E-state index >= 15 is 0 Å². The minimum Gasteiger partial charge on any atom is -0.756 e. The fourth-order valence-electron chi connectivity index (χ4n) is 8.15. The summed E-state index contributed by atoms with van der Waals surface area (Å²) in [6, 6.07) is 0. The number of unbranched alkanes of at least 4 members (excludes halogenated alkanes) is 23. The molecule has 0 aromatic carbocycles. The molecule has 0 rings (SSSR count). The van der Waals surface area contributed by atoms with Crippen LogP contribution in [0.2, 0.25) is 0 Å². The number of rotatable bonds is 55. The van der Waals surface area contributed by atoms with Crippen molar-refractivity contribution >= 4 is 19.8 Å². The molecule has 0 aliphatic carbocycles. The first-order valence-corrected chi connectivity index (χ1v) is 32.1. The number of ether oxygens (including phenoxy) is 2. The van der Waals surface area contributed by atoms with Gasteiger partial charge in [-0.2, -0.15) is 0 Å². The largest absolute Gasteiger partial charge is 0.756 e. The minimum atomic E-state index is -4.65. The molecular formula is C66H114NO8P. The van der Waals surface area contributed by atoms with Gasteiger partial charge >= 0.3 is 11.9 Å². The van der Waals surface area contributed by atoms with Crippen molar-refractivity contribution in [2.45, 2.75) is 251 Å². The van der Waals surface area contributed by atoms with E-state index in [0.29, 0.717) is 17.4 Å². The molecule has 9 nitrogen and oxygen atoms in total. The first-order valence-electron chi connectivity index (χ1n) is 30.6. The first kappa shape index (κ1) is 72.7. The summed E-state index contributed by atoms with van der Waals surface area (Å²) in [6.45, 7) is 4.00. The molecule has 2 unspecified atom stereocenters. The van der Waals surface area contributed by atoms with Crippen LogP contribution in [0.4, 0.5) is 0 Å². The molecule has 0 aliphatic rings. The zero-order chi connectivity index (χ0) is 55.6. The Morgan fingerprint density at radius 3 is 1.05 bits per heavy atom. The molecule has 10 heteroatoms. The van der Waals surface area contributed by atoms with Gasteiger partial charge in [-0.15, -0.1) is 0 Å². The number of quaternary nitrogens is 1. The van der Waals surface area contributed by atoms with Gasteiger partial charge in [-0.1, -0.05) is 245 Å². The summed E-state index contributed by atoms with van der Waals surface area (Å²) in [5.74, 6) is -0.855. The molecule has 0 N–H and O–H groups in total. The van der Waals surface area contributed by atoms with Gasteiger partial charge in [0.05, 0.1) is 27.7 Å². The molecule has 436 valence electrons. The number of nitrogens with zero attached hydrogens (tertiary/aromatic N) is 1. The van der Waals surface area contributed by atoms with E-state index in [1.54, 1.807) is 0 Å². The number of phosphoric acid groups is 1. The van der Waals surface area contributed by atoms with E-state index in [-0.39, 0.29) is 32.0 Å². The average Bonchev–Trinajstić information content (AvgIpc) is 3.38. The summed E-state index contributed by atoms with van der Waals surface area (Å²) in [4.78, 5) is 37.9. The monoisotopic (exact) mass is 1080 g/mol. The van der Waals surface area contributed by atoms with Crippen LogP contribution in [0.25, 0.3) is 0 Å². The van der Waals surface area contributed by atoms with Crippen molar-refractivity contribution < 1.29 is 42.1 Å². The number of esters is 2. The Bertz CT molecular complexity index is 1650. The van der Waals surface area contributed by atoms with Crippen molar-refractivity contribution in [1.29, 1.82) is 0 Å². The van der Waals surface area contributed by atoms with Gasteiger partial charge in [-0.05, 0) is 96.3 Å². The number of likely N-dealkylation sites (N-methyl/N-ethyl adjacent to an activating group) is 1. The second-order valence-electron chi connectivity index (χ2n) is 21.3. The molecule has 0 bridgehead atoms. The number of carbonyl (C=O) groups is 2. The number of carbonyl (C=O) groups excluding carboxylic acids is 2. The normalized spacial score (nSPS) is 14.0. The van der Waals surface area contributed by atoms with Gasteiger partial charge in [0.15, 0.2) is 6.10 Å². The van der Waals surface area contributed by atoms with Crippen LogP contribution in [-0.2, 0) is 32.7 Å². The summed E-state index contributed by atoms with van der Waals surface area (Å²) in [5, 5.41) is 0. The summed E-state index contributed by atoms with van der Waals surface area (Å²) in [7, 11) is 1.14. The van der Waals surface area contributed by atoms with Gasteiger partial charge in [0.1, 0.15) is 19.8 Å². The van der Waals surface area contributed by atoms with Gasteiger partial charge in [0, 0.05) is 12.8 Å². The lowest BCUT2D eigenvalue weighted by Crippen LogP contribution is -2.37. The van der Waals surface area contributed by atoms with E-state index < -0.39 is 26.5 Å². The summed E-state index contributed by atoms with van der Waals surface area (Å²) in [6.07, 6.45) is 78.6. The Balaban J connectivity index is 4.12. The van der Waals surface area contributed by atoms with Crippen LogP contribution in [-0.4, -0.2) is 70.0 Å². The highest BCUT2D eigenvalue weighted by Gasteiger charge is 2.22. The Morgan fingerprint density at radius 2 is 0.711 bits per heavy atom. The smallest absolute Gasteiger partial charge is 0.306 e. The highest BCUT2D eigenvalue weighted by atomic mass is 31.2. The molecule has 0 aromatic heterocycles. The SMILES string of the molecule is CC/C=C\C/C=C\C/C=C\C/C=C\C/C=C\CCCCCCCC(=O)OC(COC(=O)CCCCCCCCCCCCCCCCCCCC/C=C\C/C=C\C/C=C\C/C=C\CC)COP(=O)([O-])OCC[N+](C)(C)C. The Morgan fingerprint density at radius 1 is 0.408 bits per heavy atom. The molecular weight excluding hydrogens is 966 g/mol. The third-order valence-electron chi connectivity index (χ3n) is 12.8. The lowest BCUT2D eigenvalue weighted by Gasteiger charge is -2.28. The maximum atomic E-state index is 12.8. The number of phosphoric ester groups is 1. The maximum absolute atomic E-state index is 12.8. The van der Waals surface area contributed by atoms with Crippen molar-refractivity contribution in [2.24, 2.45) is 0 Å². The second-order valence-corrected chi connectivity index (χ2v) is 22.7. The average molecular weight is 1080 g/mol. The predicted molar refractivity (Wildman–Crippen MR) is 323 cm³/mol. The Hall–Kier alpha value is -3.33. The quantitative estimate of drug-likeness (QED) is 0.0195. The molecule has 2 atom stereocenters. The van der Waals surface area contributed by atoms with Crippen LogP contribution in [0, 0.1) is 0 Å². The molecule has 0 saturated heterocycles. The van der Waals surface area contributed by atoms with Crippen molar-refractivity contribution in [3.8, 4) is 0 Å². The van der Waals surface area contributed by atoms with E-state index in [9.17, 15) is 19.0 Å². The van der Waals surface area contributed by atoms with Crippen LogP contribution in [0.3, 0.4) is 0 Å². The van der Waals surface area contributed by atoms with Crippen LogP contribution < -0.4 is 4.89 Å². The third-order valence-corrected chi connectivity index (χ3v) is 13.8. The lowest BCUT2D eigenvalue weighted by molar-refractivity contribution is -0.870. The first-order chi connectivity index (χ1) is 37.0. The molecule has 0 aliphatic heterocycles. The molecule has 0 heterocycles. The molecule has 0 fully saturated rings. The van der Waals surface area contributed by atoms with Crippen molar-refractivity contribution in [3.63, 3.8) is 0 Å². The highest BCUT2D eigenvalue weighted by Crippen LogP contribution is 2.38. The lowest BCUT2D eigenvalue weighted by atomic mass is 10.0. The van der Waals surface area contributed by atoms with Gasteiger partial charge in [-0.3, -0.25) is 14.2 Å². The molecule has 76 heavy (non-hydrogen) atoms. The Labute approximate surface area is 467 Å². The molecule has 0 spiro atoms. The van der Waals surface area contributed by atoms with E-state index in [1.807, 2.05) is 21.1 Å². The topological polar surface area (TPSA) is 111 Å². The number of allylic oxidation sites excluding steroid dienone is 18. The number of hydrogen-bond donors (Lipinski definition) is 0. The fourth-order valence-corrected chi connectivity index (χ4v) is 8.87. The molecule has 0 radical (unpaired) electrons. The summed E-state index contributed by atoms with van der Waals surface area (Å²) >= 11 is 0. The predicted octanol–water partition coefficient (Wildman–Crippen LogP) is 18.7. The van der Waals surface area contributed by atoms with E-state index in [1.165, 1.54) is 103 Å². The highest BCUT2D eigenvalue weighted by molar-refractivity contribution is 7.45. The van der Waals surface area contributed by atoms with Crippen LogP contribution >= 0.6 is 7.82 Å². The standard InChI is InChI=1S/C66H114NO8P/c1-6-8-10-12-14-16-18-20-22-24-26-28-29-30-31-32-33-34-35-36-37-39-40-42-44-46-48-50-52-54-56-58-65(68)72-62-64(63-74-76(70,71)73-61-60-67(3,4)5)75-66(69)59-57-55-53-51-49-47-45-43-41-38-27-25-23-21-19-17-15-13-11-9-7-2/h8-11,14-17,20-23,26-28,38,43,45,64H,6-7,12-13,18-19,24-25,29-37,39-42,44,46-63H2,1-5H3/b10-8-,11-9-,16-14-,17-15-,22-20-,23-21-,28-26-,38-27-,45-43-. The molecule has 0 saturated carbocycles. The van der Waals surface area contributed by atoms with Gasteiger partial charge in [-0.25, -0.2) is 0 Å². The zero-order valence-electron chi connectivity index (χ0n) is 49.4. The van der Waals surface area contributed by atoms with Gasteiger partial charge in [0.25, 0.3) is 7.82 Å². The number of hydrogen-bond acceptors (Lipinski definition) is 8. The van der Waals surface area contributed by atoms with Crippen molar-refractivity contribution in [3.05, 3.63) is 109 Å². The van der Waals surface area contributed by atoms with Gasteiger partial charge in [0.2, 0.25) is 0 Å². The molecule has 0 aromatic rings. The van der Waals surface area contributed by atoms with Gasteiger partial charge < -0.3 is 27.9 Å². The minimum absolute atomic E-state index is 0.0393. The van der Waals surface area contributed by atoms with E-state index in [0.717, 1.165) is 109 Å². The summed E-state index contributed by atoms with van der Waals surface area (Å²) < 4.78 is 34.2. The molecule has 0 amide bonds. The van der Waals surface area contributed by atoms with Crippen LogP contribution in [0.15, 0.2) is 109 Å². The summed E-state index contributed by atoms with van der Waals surface area (Å²) in [5.41, 5.74) is 0.